The molecule has 1 heterocycles. The van der Waals surface area contributed by atoms with E-state index in [1.54, 1.807) is 47.6 Å². The maximum Gasteiger partial charge on any atom is 0.254 e. The topological polar surface area (TPSA) is 33.2 Å². The van der Waals surface area contributed by atoms with Crippen LogP contribution in [0.4, 0.5) is 4.39 Å². The van der Waals surface area contributed by atoms with Gasteiger partial charge in [0, 0.05) is 34.5 Å². The van der Waals surface area contributed by atoms with Crippen LogP contribution in [0.25, 0.3) is 0 Å². The maximum absolute atomic E-state index is 13.6. The summed E-state index contributed by atoms with van der Waals surface area (Å²) >= 11 is 12.3. The van der Waals surface area contributed by atoms with Crippen molar-refractivity contribution in [2.45, 2.75) is 19.5 Å². The lowest BCUT2D eigenvalue weighted by molar-refractivity contribution is 0.0673. The average molecular weight is 403 g/mol. The molecule has 3 aromatic rings. The van der Waals surface area contributed by atoms with Crippen LogP contribution in [0.5, 0.6) is 0 Å². The zero-order chi connectivity index (χ0) is 19.4. The normalized spacial score (nSPS) is 11.9. The van der Waals surface area contributed by atoms with E-state index in [-0.39, 0.29) is 17.5 Å². The van der Waals surface area contributed by atoms with E-state index in [0.29, 0.717) is 16.6 Å². The highest BCUT2D eigenvalue weighted by molar-refractivity contribution is 6.35. The van der Waals surface area contributed by atoms with Crippen LogP contribution in [0, 0.1) is 5.82 Å². The van der Waals surface area contributed by atoms with Crippen molar-refractivity contribution in [2.24, 2.45) is 0 Å². The Morgan fingerprint density at radius 1 is 1.15 bits per heavy atom. The van der Waals surface area contributed by atoms with Gasteiger partial charge in [0.1, 0.15) is 5.82 Å². The smallest absolute Gasteiger partial charge is 0.254 e. The number of pyridine rings is 1. The lowest BCUT2D eigenvalue weighted by atomic mass is 10.0. The second-order valence-electron chi connectivity index (χ2n) is 6.15. The Morgan fingerprint density at radius 3 is 2.63 bits per heavy atom. The SMILES string of the molecule is C[C@H](c1ccc(Cl)cc1Cl)N(Cc1cccnc1)C(=O)c1cccc(F)c1. The number of nitrogens with zero attached hydrogens (tertiary/aromatic N) is 2. The van der Waals surface area contributed by atoms with Crippen LogP contribution < -0.4 is 0 Å². The molecule has 0 bridgehead atoms. The van der Waals surface area contributed by atoms with Crippen molar-refractivity contribution in [1.29, 1.82) is 0 Å². The number of hydrogen-bond acceptors (Lipinski definition) is 2. The van der Waals surface area contributed by atoms with E-state index >= 15 is 0 Å². The molecular formula is C21H17Cl2FN2O. The second-order valence-corrected chi connectivity index (χ2v) is 6.99. The summed E-state index contributed by atoms with van der Waals surface area (Å²) in [4.78, 5) is 18.9. The Labute approximate surface area is 167 Å². The molecule has 138 valence electrons. The van der Waals surface area contributed by atoms with Gasteiger partial charge in [-0.15, -0.1) is 0 Å². The summed E-state index contributed by atoms with van der Waals surface area (Å²) in [5.41, 5.74) is 1.89. The van der Waals surface area contributed by atoms with Gasteiger partial charge < -0.3 is 4.90 Å². The van der Waals surface area contributed by atoms with Crippen molar-refractivity contribution in [3.8, 4) is 0 Å². The standard InChI is InChI=1S/C21H17Cl2FN2O/c1-14(19-8-7-17(22)11-20(19)23)26(13-15-4-3-9-25-12-15)21(27)16-5-2-6-18(24)10-16/h2-12,14H,13H2,1H3/t14-/m1/s1. The molecule has 0 N–H and O–H groups in total. The van der Waals surface area contributed by atoms with Crippen LogP contribution in [0.2, 0.25) is 10.0 Å². The van der Waals surface area contributed by atoms with Crippen molar-refractivity contribution >= 4 is 29.1 Å². The van der Waals surface area contributed by atoms with Crippen LogP contribution in [-0.4, -0.2) is 15.8 Å². The van der Waals surface area contributed by atoms with Crippen molar-refractivity contribution in [2.75, 3.05) is 0 Å². The van der Waals surface area contributed by atoms with E-state index in [1.807, 2.05) is 13.0 Å². The molecular weight excluding hydrogens is 386 g/mol. The highest BCUT2D eigenvalue weighted by atomic mass is 35.5. The molecule has 0 aliphatic rings. The van der Waals surface area contributed by atoms with Crippen LogP contribution >= 0.6 is 23.2 Å². The number of amides is 1. The van der Waals surface area contributed by atoms with Crippen LogP contribution in [0.1, 0.15) is 34.5 Å². The average Bonchev–Trinajstić information content (AvgIpc) is 2.66. The van der Waals surface area contributed by atoms with Gasteiger partial charge in [-0.2, -0.15) is 0 Å². The molecule has 1 atom stereocenters. The first-order valence-electron chi connectivity index (χ1n) is 8.36. The Kier molecular flexibility index (Phi) is 6.09. The fraction of sp³-hybridized carbons (Fsp3) is 0.143. The van der Waals surface area contributed by atoms with Gasteiger partial charge in [0.15, 0.2) is 0 Å². The molecule has 0 fully saturated rings. The summed E-state index contributed by atoms with van der Waals surface area (Å²) in [5.74, 6) is -0.753. The third kappa shape index (κ3) is 4.65. The molecule has 0 aliphatic carbocycles. The molecule has 0 saturated carbocycles. The number of hydrogen-bond donors (Lipinski definition) is 0. The molecule has 1 aromatic heterocycles. The van der Waals surface area contributed by atoms with Crippen LogP contribution in [0.3, 0.4) is 0 Å². The predicted molar refractivity (Wildman–Crippen MR) is 105 cm³/mol. The molecule has 27 heavy (non-hydrogen) atoms. The van der Waals surface area contributed by atoms with E-state index in [1.165, 1.54) is 18.2 Å². The molecule has 6 heteroatoms. The highest BCUT2D eigenvalue weighted by Crippen LogP contribution is 2.31. The first-order valence-corrected chi connectivity index (χ1v) is 9.11. The second kappa shape index (κ2) is 8.51. The largest absolute Gasteiger partial charge is 0.327 e. The summed E-state index contributed by atoms with van der Waals surface area (Å²) < 4.78 is 13.6. The Bertz CT molecular complexity index is 950. The molecule has 3 rings (SSSR count). The Balaban J connectivity index is 1.99. The van der Waals surface area contributed by atoms with E-state index in [2.05, 4.69) is 4.98 Å². The summed E-state index contributed by atoms with van der Waals surface area (Å²) in [5, 5.41) is 0.990. The minimum absolute atomic E-state index is 0.274. The molecule has 3 nitrogen and oxygen atoms in total. The van der Waals surface area contributed by atoms with Crippen molar-refractivity contribution < 1.29 is 9.18 Å². The molecule has 2 aromatic carbocycles. The number of carbonyl (C=O) groups excluding carboxylic acids is 1. The number of rotatable bonds is 5. The summed E-state index contributed by atoms with van der Waals surface area (Å²) in [6.07, 6.45) is 3.36. The minimum Gasteiger partial charge on any atom is -0.327 e. The lowest BCUT2D eigenvalue weighted by Crippen LogP contribution is -2.33. The molecule has 0 radical (unpaired) electrons. The van der Waals surface area contributed by atoms with Crippen molar-refractivity contribution in [3.05, 3.63) is 99.5 Å². The predicted octanol–water partition coefficient (Wildman–Crippen LogP) is 5.93. The van der Waals surface area contributed by atoms with Gasteiger partial charge in [0.2, 0.25) is 0 Å². The fourth-order valence-electron chi connectivity index (χ4n) is 2.87. The molecule has 0 aliphatic heterocycles. The van der Waals surface area contributed by atoms with Gasteiger partial charge in [0.25, 0.3) is 5.91 Å². The lowest BCUT2D eigenvalue weighted by Gasteiger charge is -2.30. The van der Waals surface area contributed by atoms with Gasteiger partial charge in [-0.3, -0.25) is 9.78 Å². The first-order chi connectivity index (χ1) is 13.0. The molecule has 1 amide bonds. The fourth-order valence-corrected chi connectivity index (χ4v) is 3.43. The first kappa shape index (κ1) is 19.3. The third-order valence-electron chi connectivity index (χ3n) is 4.29. The third-order valence-corrected chi connectivity index (χ3v) is 4.85. The van der Waals surface area contributed by atoms with Crippen molar-refractivity contribution in [3.63, 3.8) is 0 Å². The zero-order valence-electron chi connectivity index (χ0n) is 14.6. The molecule has 0 saturated heterocycles. The van der Waals surface area contributed by atoms with Gasteiger partial charge in [-0.1, -0.05) is 41.4 Å². The summed E-state index contributed by atoms with van der Waals surface area (Å²) in [6.45, 7) is 2.19. The van der Waals surface area contributed by atoms with E-state index < -0.39 is 5.82 Å². The van der Waals surface area contributed by atoms with Crippen LogP contribution in [-0.2, 0) is 6.54 Å². The van der Waals surface area contributed by atoms with Gasteiger partial charge in [-0.05, 0) is 54.4 Å². The van der Waals surface area contributed by atoms with Crippen LogP contribution in [0.15, 0.2) is 67.0 Å². The molecule has 0 unspecified atom stereocenters. The molecule has 0 spiro atoms. The van der Waals surface area contributed by atoms with E-state index in [4.69, 9.17) is 23.2 Å². The van der Waals surface area contributed by atoms with E-state index in [0.717, 1.165) is 11.1 Å². The number of benzene rings is 2. The quantitative estimate of drug-likeness (QED) is 0.529. The maximum atomic E-state index is 13.6. The zero-order valence-corrected chi connectivity index (χ0v) is 16.1. The summed E-state index contributed by atoms with van der Waals surface area (Å²) in [7, 11) is 0. The van der Waals surface area contributed by atoms with Gasteiger partial charge in [-0.25, -0.2) is 4.39 Å². The number of aromatic nitrogens is 1. The number of carbonyl (C=O) groups is 1. The number of halogens is 3. The van der Waals surface area contributed by atoms with Crippen molar-refractivity contribution in [1.82, 2.24) is 9.88 Å². The Morgan fingerprint density at radius 2 is 1.96 bits per heavy atom. The van der Waals surface area contributed by atoms with Gasteiger partial charge in [0.05, 0.1) is 6.04 Å². The minimum atomic E-state index is -0.459. The van der Waals surface area contributed by atoms with E-state index in [9.17, 15) is 9.18 Å². The van der Waals surface area contributed by atoms with Gasteiger partial charge >= 0.3 is 0 Å². The highest BCUT2D eigenvalue weighted by Gasteiger charge is 2.25. The monoisotopic (exact) mass is 402 g/mol. The Hall–Kier alpha value is -2.43. The summed E-state index contributed by atoms with van der Waals surface area (Å²) in [6, 6.07) is 14.2.